The van der Waals surface area contributed by atoms with Crippen molar-refractivity contribution in [3.05, 3.63) is 22.4 Å². The van der Waals surface area contributed by atoms with Crippen molar-refractivity contribution in [1.82, 2.24) is 5.32 Å². The predicted molar refractivity (Wildman–Crippen MR) is 62.0 cm³/mol. The first-order valence-electron chi connectivity index (χ1n) is 4.87. The standard InChI is InChI=1S/C11H17NO2S/c1-8(9-6-5-7-15-9)12-11(2,3)10(13)14-4/h5-8,12H,1-4H3. The van der Waals surface area contributed by atoms with E-state index in [2.05, 4.69) is 11.4 Å². The topological polar surface area (TPSA) is 38.3 Å². The largest absolute Gasteiger partial charge is 0.468 e. The number of carbonyl (C=O) groups is 1. The van der Waals surface area contributed by atoms with Gasteiger partial charge in [0.15, 0.2) is 0 Å². The molecule has 1 N–H and O–H groups in total. The Morgan fingerprint density at radius 2 is 2.27 bits per heavy atom. The van der Waals surface area contributed by atoms with Crippen molar-refractivity contribution >= 4 is 17.3 Å². The van der Waals surface area contributed by atoms with E-state index in [-0.39, 0.29) is 12.0 Å². The van der Waals surface area contributed by atoms with Crippen LogP contribution in [0, 0.1) is 0 Å². The maximum atomic E-state index is 11.5. The molecule has 1 unspecified atom stereocenters. The van der Waals surface area contributed by atoms with E-state index in [0.717, 1.165) is 0 Å². The molecule has 1 heterocycles. The summed E-state index contributed by atoms with van der Waals surface area (Å²) >= 11 is 1.68. The second-order valence-electron chi connectivity index (χ2n) is 4.00. The van der Waals surface area contributed by atoms with Crippen LogP contribution in [-0.2, 0) is 9.53 Å². The fourth-order valence-corrected chi connectivity index (χ4v) is 2.20. The van der Waals surface area contributed by atoms with Gasteiger partial charge in [0.2, 0.25) is 0 Å². The van der Waals surface area contributed by atoms with Crippen LogP contribution in [-0.4, -0.2) is 18.6 Å². The minimum absolute atomic E-state index is 0.152. The minimum atomic E-state index is -0.655. The normalized spacial score (nSPS) is 13.6. The molecule has 1 aromatic heterocycles. The van der Waals surface area contributed by atoms with Gasteiger partial charge in [-0.1, -0.05) is 6.07 Å². The number of rotatable bonds is 4. The van der Waals surface area contributed by atoms with Gasteiger partial charge in [0.25, 0.3) is 0 Å². The molecule has 4 heteroatoms. The molecule has 0 saturated carbocycles. The van der Waals surface area contributed by atoms with Crippen LogP contribution < -0.4 is 5.32 Å². The monoisotopic (exact) mass is 227 g/mol. The van der Waals surface area contributed by atoms with Crippen LogP contribution in [0.25, 0.3) is 0 Å². The first-order valence-corrected chi connectivity index (χ1v) is 5.75. The molecule has 3 nitrogen and oxygen atoms in total. The Bertz CT molecular complexity index is 319. The van der Waals surface area contributed by atoms with E-state index in [0.29, 0.717) is 0 Å². The molecule has 0 radical (unpaired) electrons. The maximum absolute atomic E-state index is 11.5. The van der Waals surface area contributed by atoms with Crippen molar-refractivity contribution in [2.24, 2.45) is 0 Å². The highest BCUT2D eigenvalue weighted by Gasteiger charge is 2.30. The number of hydrogen-bond donors (Lipinski definition) is 1. The van der Waals surface area contributed by atoms with Gasteiger partial charge < -0.3 is 4.74 Å². The lowest BCUT2D eigenvalue weighted by atomic mass is 10.0. The second kappa shape index (κ2) is 4.77. The Kier molecular flexibility index (Phi) is 3.88. The van der Waals surface area contributed by atoms with Gasteiger partial charge in [0, 0.05) is 10.9 Å². The second-order valence-corrected chi connectivity index (χ2v) is 4.98. The Balaban J connectivity index is 2.65. The van der Waals surface area contributed by atoms with Crippen LogP contribution in [0.15, 0.2) is 17.5 Å². The molecule has 0 bridgehead atoms. The lowest BCUT2D eigenvalue weighted by molar-refractivity contribution is -0.147. The molecular weight excluding hydrogens is 210 g/mol. The predicted octanol–water partition coefficient (Wildman–Crippen LogP) is 2.35. The van der Waals surface area contributed by atoms with E-state index < -0.39 is 5.54 Å². The van der Waals surface area contributed by atoms with Crippen LogP contribution in [0.3, 0.4) is 0 Å². The summed E-state index contributed by atoms with van der Waals surface area (Å²) in [7, 11) is 1.40. The molecule has 1 atom stereocenters. The fourth-order valence-electron chi connectivity index (χ4n) is 1.46. The highest BCUT2D eigenvalue weighted by atomic mass is 32.1. The molecule has 0 aliphatic heterocycles. The van der Waals surface area contributed by atoms with Gasteiger partial charge >= 0.3 is 5.97 Å². The van der Waals surface area contributed by atoms with E-state index in [4.69, 9.17) is 4.74 Å². The zero-order chi connectivity index (χ0) is 11.5. The summed E-state index contributed by atoms with van der Waals surface area (Å²) < 4.78 is 4.74. The molecule has 0 aliphatic carbocycles. The van der Waals surface area contributed by atoms with Gasteiger partial charge in [-0.05, 0) is 32.2 Å². The summed E-state index contributed by atoms with van der Waals surface area (Å²) in [6.45, 7) is 5.68. The summed E-state index contributed by atoms with van der Waals surface area (Å²) in [5.74, 6) is -0.245. The van der Waals surface area contributed by atoms with Gasteiger partial charge in [0.05, 0.1) is 7.11 Å². The van der Waals surface area contributed by atoms with Crippen molar-refractivity contribution < 1.29 is 9.53 Å². The van der Waals surface area contributed by atoms with E-state index in [1.54, 1.807) is 11.3 Å². The zero-order valence-electron chi connectivity index (χ0n) is 9.53. The smallest absolute Gasteiger partial charge is 0.325 e. The summed E-state index contributed by atoms with van der Waals surface area (Å²) in [5, 5.41) is 5.27. The van der Waals surface area contributed by atoms with Crippen molar-refractivity contribution in [1.29, 1.82) is 0 Å². The van der Waals surface area contributed by atoms with Crippen molar-refractivity contribution in [3.8, 4) is 0 Å². The number of carbonyl (C=O) groups excluding carboxylic acids is 1. The molecule has 84 valence electrons. The first kappa shape index (κ1) is 12.2. The van der Waals surface area contributed by atoms with Gasteiger partial charge in [0.1, 0.15) is 5.54 Å². The third kappa shape index (κ3) is 3.04. The fraction of sp³-hybridized carbons (Fsp3) is 0.545. The van der Waals surface area contributed by atoms with E-state index in [9.17, 15) is 4.79 Å². The summed E-state index contributed by atoms with van der Waals surface area (Å²) in [6, 6.07) is 4.21. The molecule has 0 spiro atoms. The number of nitrogens with one attached hydrogen (secondary N) is 1. The molecule has 15 heavy (non-hydrogen) atoms. The van der Waals surface area contributed by atoms with Gasteiger partial charge in [-0.2, -0.15) is 0 Å². The molecule has 0 aromatic carbocycles. The summed E-state index contributed by atoms with van der Waals surface area (Å²) in [6.07, 6.45) is 0. The lowest BCUT2D eigenvalue weighted by Crippen LogP contribution is -2.48. The zero-order valence-corrected chi connectivity index (χ0v) is 10.4. The quantitative estimate of drug-likeness (QED) is 0.802. The molecule has 0 saturated heterocycles. The van der Waals surface area contributed by atoms with Crippen LogP contribution in [0.2, 0.25) is 0 Å². The number of esters is 1. The highest BCUT2D eigenvalue weighted by Crippen LogP contribution is 2.21. The van der Waals surface area contributed by atoms with E-state index in [1.807, 2.05) is 32.2 Å². The number of hydrogen-bond acceptors (Lipinski definition) is 4. The average molecular weight is 227 g/mol. The van der Waals surface area contributed by atoms with Crippen LogP contribution in [0.5, 0.6) is 0 Å². The Morgan fingerprint density at radius 1 is 1.60 bits per heavy atom. The maximum Gasteiger partial charge on any atom is 0.325 e. The van der Waals surface area contributed by atoms with Crippen molar-refractivity contribution in [3.63, 3.8) is 0 Å². The van der Waals surface area contributed by atoms with Crippen LogP contribution >= 0.6 is 11.3 Å². The summed E-state index contributed by atoms with van der Waals surface area (Å²) in [5.41, 5.74) is -0.655. The third-order valence-corrected chi connectivity index (χ3v) is 3.30. The lowest BCUT2D eigenvalue weighted by Gasteiger charge is -2.26. The Morgan fingerprint density at radius 3 is 2.73 bits per heavy atom. The average Bonchev–Trinajstić information content (AvgIpc) is 2.68. The summed E-state index contributed by atoms with van der Waals surface area (Å²) in [4.78, 5) is 12.7. The van der Waals surface area contributed by atoms with Gasteiger partial charge in [-0.3, -0.25) is 10.1 Å². The first-order chi connectivity index (χ1) is 6.97. The van der Waals surface area contributed by atoms with Crippen LogP contribution in [0.4, 0.5) is 0 Å². The molecule has 0 amide bonds. The van der Waals surface area contributed by atoms with Gasteiger partial charge in [-0.25, -0.2) is 0 Å². The number of methoxy groups -OCH3 is 1. The molecule has 1 rings (SSSR count). The highest BCUT2D eigenvalue weighted by molar-refractivity contribution is 7.10. The van der Waals surface area contributed by atoms with Crippen LogP contribution in [0.1, 0.15) is 31.7 Å². The SMILES string of the molecule is COC(=O)C(C)(C)NC(C)c1cccs1. The third-order valence-electron chi connectivity index (χ3n) is 2.24. The molecule has 0 fully saturated rings. The van der Waals surface area contributed by atoms with Gasteiger partial charge in [-0.15, -0.1) is 11.3 Å². The molecule has 1 aromatic rings. The number of thiophene rings is 1. The van der Waals surface area contributed by atoms with Crippen molar-refractivity contribution in [2.45, 2.75) is 32.4 Å². The molecular formula is C11H17NO2S. The minimum Gasteiger partial charge on any atom is -0.468 e. The molecule has 0 aliphatic rings. The number of ether oxygens (including phenoxy) is 1. The Hall–Kier alpha value is -0.870. The van der Waals surface area contributed by atoms with E-state index in [1.165, 1.54) is 12.0 Å². The Labute approximate surface area is 94.5 Å². The van der Waals surface area contributed by atoms with E-state index >= 15 is 0 Å². The van der Waals surface area contributed by atoms with Crippen molar-refractivity contribution in [2.75, 3.05) is 7.11 Å².